The smallest absolute Gasteiger partial charge is 0.167 e. The summed E-state index contributed by atoms with van der Waals surface area (Å²) in [5.41, 5.74) is 5.69. The van der Waals surface area contributed by atoms with Gasteiger partial charge in [-0.05, 0) is 6.07 Å². The fraction of sp³-hybridized carbons (Fsp3) is 0.0769. The molecule has 20 heavy (non-hydrogen) atoms. The number of methoxy groups -OCH3 is 1. The summed E-state index contributed by atoms with van der Waals surface area (Å²) < 4.78 is 44.8. The van der Waals surface area contributed by atoms with E-state index in [1.54, 1.807) is 0 Å². The van der Waals surface area contributed by atoms with Crippen LogP contribution in [-0.2, 0) is 0 Å². The Labute approximate surface area is 118 Å². The average Bonchev–Trinajstić information content (AvgIpc) is 2.35. The maximum Gasteiger partial charge on any atom is 0.167 e. The maximum atomic E-state index is 13.7. The first-order valence-electron chi connectivity index (χ1n) is 5.47. The highest BCUT2D eigenvalue weighted by Gasteiger charge is 2.14. The van der Waals surface area contributed by atoms with E-state index >= 15 is 0 Å². The zero-order valence-corrected chi connectivity index (χ0v) is 11.1. The molecule has 0 spiro atoms. The van der Waals surface area contributed by atoms with Crippen LogP contribution >= 0.6 is 11.6 Å². The Hall–Kier alpha value is -2.08. The molecule has 0 aliphatic carbocycles. The fourth-order valence-electron chi connectivity index (χ4n) is 1.63. The Kier molecular flexibility index (Phi) is 3.94. The van der Waals surface area contributed by atoms with Gasteiger partial charge in [0.05, 0.1) is 29.2 Å². The Balaban J connectivity index is 2.45. The third-order valence-electron chi connectivity index (χ3n) is 2.59. The van der Waals surface area contributed by atoms with E-state index in [-0.39, 0.29) is 27.8 Å². The van der Waals surface area contributed by atoms with Crippen LogP contribution in [0.25, 0.3) is 0 Å². The van der Waals surface area contributed by atoms with Gasteiger partial charge in [-0.15, -0.1) is 0 Å². The van der Waals surface area contributed by atoms with E-state index in [1.807, 2.05) is 0 Å². The van der Waals surface area contributed by atoms with Crippen molar-refractivity contribution >= 4 is 28.7 Å². The molecule has 0 bridgehead atoms. The minimum atomic E-state index is -0.891. The summed E-state index contributed by atoms with van der Waals surface area (Å²) >= 11 is 5.75. The number of hydrogen-bond acceptors (Lipinski definition) is 3. The number of anilines is 3. The fourth-order valence-corrected chi connectivity index (χ4v) is 1.87. The molecule has 3 N–H and O–H groups in total. The molecular formula is C13H10ClF3N2O. The van der Waals surface area contributed by atoms with Gasteiger partial charge in [-0.1, -0.05) is 11.6 Å². The van der Waals surface area contributed by atoms with Gasteiger partial charge in [-0.2, -0.15) is 0 Å². The minimum absolute atomic E-state index is 0.0306. The third kappa shape index (κ3) is 2.75. The van der Waals surface area contributed by atoms with Crippen molar-refractivity contribution in [2.24, 2.45) is 0 Å². The van der Waals surface area contributed by atoms with E-state index in [4.69, 9.17) is 22.1 Å². The summed E-state index contributed by atoms with van der Waals surface area (Å²) in [6.07, 6.45) is 0. The van der Waals surface area contributed by atoms with Crippen molar-refractivity contribution < 1.29 is 17.9 Å². The lowest BCUT2D eigenvalue weighted by Gasteiger charge is -2.13. The van der Waals surface area contributed by atoms with Gasteiger partial charge in [0.15, 0.2) is 17.4 Å². The summed E-state index contributed by atoms with van der Waals surface area (Å²) in [4.78, 5) is 0. The van der Waals surface area contributed by atoms with Gasteiger partial charge in [0.25, 0.3) is 0 Å². The van der Waals surface area contributed by atoms with Crippen molar-refractivity contribution in [2.45, 2.75) is 0 Å². The normalized spacial score (nSPS) is 10.4. The second-order valence-electron chi connectivity index (χ2n) is 3.94. The molecule has 0 fully saturated rings. The molecule has 0 unspecified atom stereocenters. The summed E-state index contributed by atoms with van der Waals surface area (Å²) in [6, 6.07) is 3.90. The second kappa shape index (κ2) is 5.50. The first-order chi connectivity index (χ1) is 9.42. The molecule has 106 valence electrons. The molecule has 2 aromatic carbocycles. The van der Waals surface area contributed by atoms with Crippen LogP contribution < -0.4 is 15.8 Å². The highest BCUT2D eigenvalue weighted by Crippen LogP contribution is 2.34. The molecule has 7 heteroatoms. The van der Waals surface area contributed by atoms with Crippen molar-refractivity contribution in [3.63, 3.8) is 0 Å². The van der Waals surface area contributed by atoms with E-state index in [0.29, 0.717) is 6.07 Å². The van der Waals surface area contributed by atoms with Crippen LogP contribution in [0.5, 0.6) is 5.75 Å². The van der Waals surface area contributed by atoms with E-state index in [2.05, 4.69) is 5.32 Å². The minimum Gasteiger partial charge on any atom is -0.494 e. The largest absolute Gasteiger partial charge is 0.494 e. The Morgan fingerprint density at radius 1 is 1.10 bits per heavy atom. The number of ether oxygens (including phenoxy) is 1. The predicted octanol–water partition coefficient (Wildman–Crippen LogP) is 4.09. The Morgan fingerprint density at radius 3 is 2.40 bits per heavy atom. The number of nitrogens with one attached hydrogen (secondary N) is 1. The van der Waals surface area contributed by atoms with E-state index in [9.17, 15) is 13.2 Å². The molecule has 0 aliphatic rings. The lowest BCUT2D eigenvalue weighted by atomic mass is 10.2. The first kappa shape index (κ1) is 14.3. The third-order valence-corrected chi connectivity index (χ3v) is 2.89. The lowest BCUT2D eigenvalue weighted by molar-refractivity contribution is 0.387. The molecule has 0 saturated carbocycles. The Morgan fingerprint density at radius 2 is 1.80 bits per heavy atom. The number of halogens is 4. The van der Waals surface area contributed by atoms with Crippen molar-refractivity contribution in [3.8, 4) is 5.75 Å². The van der Waals surface area contributed by atoms with Crippen LogP contribution in [0.2, 0.25) is 5.02 Å². The lowest BCUT2D eigenvalue weighted by Crippen LogP contribution is -2.01. The summed E-state index contributed by atoms with van der Waals surface area (Å²) in [5, 5.41) is 2.43. The molecule has 2 aromatic rings. The van der Waals surface area contributed by atoms with Crippen LogP contribution in [0.15, 0.2) is 24.3 Å². The van der Waals surface area contributed by atoms with E-state index < -0.39 is 17.5 Å². The van der Waals surface area contributed by atoms with E-state index in [1.165, 1.54) is 13.2 Å². The van der Waals surface area contributed by atoms with Crippen molar-refractivity contribution in [3.05, 3.63) is 46.7 Å². The first-order valence-corrected chi connectivity index (χ1v) is 5.84. The van der Waals surface area contributed by atoms with E-state index in [0.717, 1.165) is 12.1 Å². The van der Waals surface area contributed by atoms with Gasteiger partial charge in [-0.25, -0.2) is 13.2 Å². The SMILES string of the molecule is COc1cc(Nc2c(F)cc(F)cc2Cl)c(N)cc1F. The van der Waals surface area contributed by atoms with Crippen LogP contribution in [0, 0.1) is 17.5 Å². The highest BCUT2D eigenvalue weighted by atomic mass is 35.5. The molecule has 0 atom stereocenters. The molecule has 2 rings (SSSR count). The van der Waals surface area contributed by atoms with Gasteiger partial charge in [-0.3, -0.25) is 0 Å². The molecule has 0 saturated heterocycles. The number of hydrogen-bond donors (Lipinski definition) is 2. The van der Waals surface area contributed by atoms with Crippen molar-refractivity contribution in [1.82, 2.24) is 0 Å². The molecular weight excluding hydrogens is 293 g/mol. The standard InChI is InChI=1S/C13H10ClF3N2O/c1-20-12-5-11(10(18)4-8(12)16)19-13-7(14)2-6(15)3-9(13)17/h2-5,19H,18H2,1H3. The predicted molar refractivity (Wildman–Crippen MR) is 72.0 cm³/mol. The van der Waals surface area contributed by atoms with Gasteiger partial charge in [0.1, 0.15) is 5.82 Å². The zero-order chi connectivity index (χ0) is 14.9. The highest BCUT2D eigenvalue weighted by molar-refractivity contribution is 6.33. The zero-order valence-electron chi connectivity index (χ0n) is 10.3. The van der Waals surface area contributed by atoms with Crippen LogP contribution in [0.3, 0.4) is 0 Å². The molecule has 0 aliphatic heterocycles. The number of nitrogen functional groups attached to an aromatic ring is 1. The summed E-state index contributed by atoms with van der Waals surface area (Å²) in [5.74, 6) is -2.41. The second-order valence-corrected chi connectivity index (χ2v) is 4.35. The van der Waals surface area contributed by atoms with Crippen molar-refractivity contribution in [1.29, 1.82) is 0 Å². The van der Waals surface area contributed by atoms with Crippen LogP contribution in [-0.4, -0.2) is 7.11 Å². The maximum absolute atomic E-state index is 13.7. The van der Waals surface area contributed by atoms with Crippen LogP contribution in [0.1, 0.15) is 0 Å². The molecule has 3 nitrogen and oxygen atoms in total. The number of benzene rings is 2. The van der Waals surface area contributed by atoms with Gasteiger partial charge in [0.2, 0.25) is 0 Å². The van der Waals surface area contributed by atoms with Crippen LogP contribution in [0.4, 0.5) is 30.2 Å². The summed E-state index contributed by atoms with van der Waals surface area (Å²) in [7, 11) is 1.28. The summed E-state index contributed by atoms with van der Waals surface area (Å²) in [6.45, 7) is 0. The number of nitrogens with two attached hydrogens (primary N) is 1. The topological polar surface area (TPSA) is 47.3 Å². The molecule has 0 heterocycles. The average molecular weight is 303 g/mol. The quantitative estimate of drug-likeness (QED) is 0.839. The Bertz CT molecular complexity index is 641. The molecule has 0 aromatic heterocycles. The van der Waals surface area contributed by atoms with Gasteiger partial charge >= 0.3 is 0 Å². The monoisotopic (exact) mass is 302 g/mol. The van der Waals surface area contributed by atoms with Gasteiger partial charge < -0.3 is 15.8 Å². The van der Waals surface area contributed by atoms with Crippen molar-refractivity contribution in [2.75, 3.05) is 18.2 Å². The molecule has 0 amide bonds. The van der Waals surface area contributed by atoms with Gasteiger partial charge in [0, 0.05) is 18.2 Å². The number of rotatable bonds is 3. The molecule has 0 radical (unpaired) electrons.